The van der Waals surface area contributed by atoms with Crippen molar-refractivity contribution in [2.75, 3.05) is 6.54 Å². The molecule has 1 aromatic rings. The van der Waals surface area contributed by atoms with Crippen molar-refractivity contribution in [2.45, 2.75) is 0 Å². The van der Waals surface area contributed by atoms with Crippen LogP contribution in [-0.2, 0) is 0 Å². The van der Waals surface area contributed by atoms with E-state index >= 15 is 0 Å². The Morgan fingerprint density at radius 3 is 3.00 bits per heavy atom. The van der Waals surface area contributed by atoms with Gasteiger partial charge in [0.1, 0.15) is 5.76 Å². The van der Waals surface area contributed by atoms with Gasteiger partial charge >= 0.3 is 5.00 Å². The van der Waals surface area contributed by atoms with Crippen LogP contribution in [0.15, 0.2) is 40.7 Å². The summed E-state index contributed by atoms with van der Waals surface area (Å²) < 4.78 is 0. The van der Waals surface area contributed by atoms with Crippen molar-refractivity contribution < 1.29 is 14.8 Å². The zero-order valence-electron chi connectivity index (χ0n) is 9.57. The minimum Gasteiger partial charge on any atom is -0.506 e. The minimum atomic E-state index is -0.559. The second-order valence-corrected chi connectivity index (χ2v) is 4.60. The average Bonchev–Trinajstić information content (AvgIpc) is 2.78. The normalized spacial score (nSPS) is 14.3. The Morgan fingerprint density at radius 2 is 2.32 bits per heavy atom. The van der Waals surface area contributed by atoms with Crippen molar-refractivity contribution in [1.82, 2.24) is 5.32 Å². The summed E-state index contributed by atoms with van der Waals surface area (Å²) in [5.41, 5.74) is 0.210. The van der Waals surface area contributed by atoms with Crippen molar-refractivity contribution in [1.29, 1.82) is 0 Å². The number of rotatable bonds is 3. The summed E-state index contributed by atoms with van der Waals surface area (Å²) in [5.74, 6) is -0.600. The second kappa shape index (κ2) is 5.44. The molecule has 2 heterocycles. The van der Waals surface area contributed by atoms with E-state index < -0.39 is 10.8 Å². The lowest BCUT2D eigenvalue weighted by Gasteiger charge is -2.06. The molecule has 0 fully saturated rings. The van der Waals surface area contributed by atoms with E-state index in [0.29, 0.717) is 6.54 Å². The van der Waals surface area contributed by atoms with Crippen LogP contribution in [0.25, 0.3) is 0 Å². The average molecular weight is 279 g/mol. The molecule has 0 aromatic carbocycles. The van der Waals surface area contributed by atoms with Crippen LogP contribution in [0.1, 0.15) is 9.67 Å². The molecule has 7 nitrogen and oxygen atoms in total. The van der Waals surface area contributed by atoms with Crippen molar-refractivity contribution in [3.05, 3.63) is 50.7 Å². The molecular weight excluding hydrogens is 270 g/mol. The van der Waals surface area contributed by atoms with E-state index in [9.17, 15) is 20.0 Å². The Morgan fingerprint density at radius 1 is 1.53 bits per heavy atom. The Labute approximate surface area is 111 Å². The lowest BCUT2D eigenvalue weighted by Crippen LogP contribution is -2.23. The molecule has 0 atom stereocenters. The quantitative estimate of drug-likeness (QED) is 0.650. The lowest BCUT2D eigenvalue weighted by molar-refractivity contribution is -0.380. The number of thiophene rings is 1. The number of hydrogen-bond acceptors (Lipinski definition) is 6. The molecule has 2 rings (SSSR count). The molecule has 0 spiro atoms. The second-order valence-electron chi connectivity index (χ2n) is 3.53. The third-order valence-electron chi connectivity index (χ3n) is 2.26. The van der Waals surface area contributed by atoms with Crippen LogP contribution >= 0.6 is 11.3 Å². The molecule has 0 radical (unpaired) electrons. The van der Waals surface area contributed by atoms with Crippen LogP contribution in [0.5, 0.6) is 0 Å². The highest BCUT2D eigenvalue weighted by Gasteiger charge is 2.17. The van der Waals surface area contributed by atoms with Crippen LogP contribution in [-0.4, -0.2) is 28.7 Å². The molecule has 1 amide bonds. The highest BCUT2D eigenvalue weighted by atomic mass is 32.1. The first-order valence-electron chi connectivity index (χ1n) is 5.23. The van der Waals surface area contributed by atoms with Crippen molar-refractivity contribution in [3.63, 3.8) is 0 Å². The summed E-state index contributed by atoms with van der Waals surface area (Å²) in [6.07, 6.45) is 4.37. The summed E-state index contributed by atoms with van der Waals surface area (Å²) in [4.78, 5) is 25.9. The van der Waals surface area contributed by atoms with E-state index in [-0.39, 0.29) is 21.3 Å². The van der Waals surface area contributed by atoms with E-state index in [1.54, 1.807) is 0 Å². The van der Waals surface area contributed by atoms with Crippen molar-refractivity contribution >= 4 is 28.5 Å². The third-order valence-corrected chi connectivity index (χ3v) is 3.29. The number of carbonyl (C=O) groups excluding carboxylic acids is 1. The van der Waals surface area contributed by atoms with Gasteiger partial charge in [0.15, 0.2) is 0 Å². The smallest absolute Gasteiger partial charge is 0.324 e. The number of allylic oxidation sites excluding steroid dienone is 1. The van der Waals surface area contributed by atoms with Crippen molar-refractivity contribution in [3.8, 4) is 0 Å². The molecule has 0 bridgehead atoms. The zero-order chi connectivity index (χ0) is 13.8. The van der Waals surface area contributed by atoms with Gasteiger partial charge in [-0.2, -0.15) is 0 Å². The number of nitrogens with zero attached hydrogens (tertiary/aromatic N) is 2. The summed E-state index contributed by atoms with van der Waals surface area (Å²) in [6, 6.07) is 2.63. The number of carbonyl (C=O) groups is 1. The van der Waals surface area contributed by atoms with Gasteiger partial charge in [0.05, 0.1) is 22.0 Å². The number of nitrogens with one attached hydrogen (secondary N) is 1. The maximum atomic E-state index is 11.9. The van der Waals surface area contributed by atoms with E-state index in [2.05, 4.69) is 10.3 Å². The lowest BCUT2D eigenvalue weighted by atomic mass is 10.3. The monoisotopic (exact) mass is 279 g/mol. The molecule has 8 heteroatoms. The summed E-state index contributed by atoms with van der Waals surface area (Å²) in [7, 11) is 0. The molecule has 0 saturated carbocycles. The molecule has 1 aliphatic heterocycles. The topological polar surface area (TPSA) is 105 Å². The Bertz CT molecular complexity index is 615. The maximum absolute atomic E-state index is 11.9. The van der Waals surface area contributed by atoms with Gasteiger partial charge in [-0.05, 0) is 18.2 Å². The molecule has 0 aliphatic carbocycles. The predicted molar refractivity (Wildman–Crippen MR) is 70.6 cm³/mol. The molecule has 19 heavy (non-hydrogen) atoms. The van der Waals surface area contributed by atoms with E-state index in [1.807, 2.05) is 0 Å². The fraction of sp³-hybridized carbons (Fsp3) is 0.0909. The van der Waals surface area contributed by atoms with Gasteiger partial charge in [-0.3, -0.25) is 19.9 Å². The predicted octanol–water partition coefficient (Wildman–Crippen LogP) is 1.80. The number of hydrogen-bond donors (Lipinski definition) is 2. The highest BCUT2D eigenvalue weighted by molar-refractivity contribution is 7.17. The van der Waals surface area contributed by atoms with Gasteiger partial charge < -0.3 is 10.4 Å². The van der Waals surface area contributed by atoms with Gasteiger partial charge in [-0.15, -0.1) is 0 Å². The van der Waals surface area contributed by atoms with E-state index in [0.717, 1.165) is 11.3 Å². The molecule has 0 unspecified atom stereocenters. The van der Waals surface area contributed by atoms with Crippen LogP contribution in [0.2, 0.25) is 0 Å². The summed E-state index contributed by atoms with van der Waals surface area (Å²) in [5, 5.41) is 22.5. The van der Waals surface area contributed by atoms with E-state index in [1.165, 1.54) is 30.5 Å². The number of aliphatic imine (C=N–C) groups is 1. The molecule has 0 saturated heterocycles. The van der Waals surface area contributed by atoms with Crippen LogP contribution in [0.4, 0.5) is 5.00 Å². The molecule has 1 aliphatic rings. The number of aliphatic hydroxyl groups excluding tert-OH is 1. The minimum absolute atomic E-state index is 0.0862. The zero-order valence-corrected chi connectivity index (χ0v) is 10.4. The molecule has 2 N–H and O–H groups in total. The largest absolute Gasteiger partial charge is 0.506 e. The number of nitro groups is 1. The standard InChI is InChI=1S/C11H9N3O4S/c15-8-4-6-12-5-3-7(8)13-11(16)9-1-2-10(19-9)14(17)18/h1-5,15H,6H2,(H,13,16). The third kappa shape index (κ3) is 3.05. The first-order valence-corrected chi connectivity index (χ1v) is 6.05. The first-order chi connectivity index (χ1) is 9.08. The van der Waals surface area contributed by atoms with Gasteiger partial charge in [0, 0.05) is 12.3 Å². The Hall–Kier alpha value is -2.48. The fourth-order valence-electron chi connectivity index (χ4n) is 1.36. The van der Waals surface area contributed by atoms with Gasteiger partial charge in [-0.25, -0.2) is 0 Å². The fourth-order valence-corrected chi connectivity index (χ4v) is 2.08. The molecular formula is C11H9N3O4S. The first kappa shape index (κ1) is 13.0. The van der Waals surface area contributed by atoms with Crippen LogP contribution in [0.3, 0.4) is 0 Å². The van der Waals surface area contributed by atoms with Crippen molar-refractivity contribution in [2.24, 2.45) is 4.99 Å². The Balaban J connectivity index is 2.14. The van der Waals surface area contributed by atoms with E-state index in [4.69, 9.17) is 0 Å². The number of aliphatic hydroxyl groups is 1. The Kier molecular flexibility index (Phi) is 3.71. The van der Waals surface area contributed by atoms with Crippen LogP contribution < -0.4 is 5.32 Å². The maximum Gasteiger partial charge on any atom is 0.324 e. The van der Waals surface area contributed by atoms with Gasteiger partial charge in [-0.1, -0.05) is 11.3 Å². The van der Waals surface area contributed by atoms with Gasteiger partial charge in [0.25, 0.3) is 5.91 Å². The highest BCUT2D eigenvalue weighted by Crippen LogP contribution is 2.24. The van der Waals surface area contributed by atoms with Gasteiger partial charge in [0.2, 0.25) is 0 Å². The SMILES string of the molecule is O=C(NC1=CC=NCC=C1O)c1ccc([N+](=O)[O-])s1. The molecule has 98 valence electrons. The summed E-state index contributed by atoms with van der Waals surface area (Å²) >= 11 is 0.771. The molecule has 1 aromatic heterocycles. The summed E-state index contributed by atoms with van der Waals surface area (Å²) in [6.45, 7) is 0.326. The number of amides is 1. The van der Waals surface area contributed by atoms with Crippen LogP contribution in [0, 0.1) is 10.1 Å².